The van der Waals surface area contributed by atoms with Gasteiger partial charge in [-0.2, -0.15) is 0 Å². The summed E-state index contributed by atoms with van der Waals surface area (Å²) >= 11 is 0. The molecule has 0 radical (unpaired) electrons. The van der Waals surface area contributed by atoms with Gasteiger partial charge >= 0.3 is 0 Å². The van der Waals surface area contributed by atoms with Crippen molar-refractivity contribution in [3.05, 3.63) is 59.7 Å². The predicted octanol–water partition coefficient (Wildman–Crippen LogP) is 2.91. The van der Waals surface area contributed by atoms with Gasteiger partial charge in [0.1, 0.15) is 11.5 Å². The molecule has 0 aliphatic rings. The fourth-order valence-electron chi connectivity index (χ4n) is 2.28. The first-order valence-electron chi connectivity index (χ1n) is 7.84. The molecule has 0 unspecified atom stereocenters. The van der Waals surface area contributed by atoms with Crippen LogP contribution in [0.15, 0.2) is 53.5 Å². The van der Waals surface area contributed by atoms with E-state index < -0.39 is 0 Å². The molecule has 0 bridgehead atoms. The van der Waals surface area contributed by atoms with Crippen LogP contribution >= 0.6 is 0 Å². The molecule has 2 aromatic rings. The highest BCUT2D eigenvalue weighted by Crippen LogP contribution is 2.24. The second kappa shape index (κ2) is 8.82. The lowest BCUT2D eigenvalue weighted by molar-refractivity contribution is 0.390. The van der Waals surface area contributed by atoms with Gasteiger partial charge in [-0.05, 0) is 17.7 Å². The molecule has 2 rings (SSSR count). The maximum atomic E-state index is 5.44. The molecule has 1 N–H and O–H groups in total. The van der Waals surface area contributed by atoms with Gasteiger partial charge in [-0.3, -0.25) is 0 Å². The molecule has 0 aromatic heterocycles. The summed E-state index contributed by atoms with van der Waals surface area (Å²) in [4.78, 5) is 6.63. The van der Waals surface area contributed by atoms with Crippen molar-refractivity contribution in [3.63, 3.8) is 0 Å². The van der Waals surface area contributed by atoms with E-state index in [-0.39, 0.29) is 0 Å². The van der Waals surface area contributed by atoms with Crippen LogP contribution in [0, 0.1) is 0 Å². The van der Waals surface area contributed by atoms with Crippen LogP contribution in [0.1, 0.15) is 11.1 Å². The van der Waals surface area contributed by atoms with Crippen molar-refractivity contribution in [2.45, 2.75) is 13.1 Å². The third kappa shape index (κ3) is 4.91. The van der Waals surface area contributed by atoms with Crippen LogP contribution in [0.3, 0.4) is 0 Å². The average molecular weight is 327 g/mol. The van der Waals surface area contributed by atoms with Crippen LogP contribution in [-0.2, 0) is 13.1 Å². The average Bonchev–Trinajstić information content (AvgIpc) is 2.62. The van der Waals surface area contributed by atoms with E-state index in [1.54, 1.807) is 14.2 Å². The standard InChI is InChI=1S/C19H25N3O2/c1-22(2)19(20-13-15-8-6-5-7-9-15)21-14-16-10-11-17(23-3)12-18(16)24-4/h5-12H,13-14H2,1-4H3,(H,20,21). The van der Waals surface area contributed by atoms with Crippen LogP contribution in [-0.4, -0.2) is 39.2 Å². The van der Waals surface area contributed by atoms with Gasteiger partial charge in [0.15, 0.2) is 5.96 Å². The fourth-order valence-corrected chi connectivity index (χ4v) is 2.28. The molecule has 24 heavy (non-hydrogen) atoms. The number of nitrogens with one attached hydrogen (secondary N) is 1. The molecular formula is C19H25N3O2. The van der Waals surface area contributed by atoms with E-state index in [4.69, 9.17) is 9.47 Å². The third-order valence-corrected chi connectivity index (χ3v) is 3.61. The zero-order valence-corrected chi connectivity index (χ0v) is 14.7. The molecule has 5 nitrogen and oxygen atoms in total. The Labute approximate surface area is 143 Å². The lowest BCUT2D eigenvalue weighted by atomic mass is 10.2. The molecule has 0 atom stereocenters. The smallest absolute Gasteiger partial charge is 0.194 e. The lowest BCUT2D eigenvalue weighted by Crippen LogP contribution is -2.36. The van der Waals surface area contributed by atoms with Gasteiger partial charge in [0.25, 0.3) is 0 Å². The Kier molecular flexibility index (Phi) is 6.49. The second-order valence-electron chi connectivity index (χ2n) is 5.55. The van der Waals surface area contributed by atoms with Crippen molar-refractivity contribution in [3.8, 4) is 11.5 Å². The van der Waals surface area contributed by atoms with Gasteiger partial charge in [0.05, 0.1) is 20.8 Å². The number of nitrogens with zero attached hydrogens (tertiary/aromatic N) is 2. The highest BCUT2D eigenvalue weighted by Gasteiger charge is 2.07. The monoisotopic (exact) mass is 327 g/mol. The summed E-state index contributed by atoms with van der Waals surface area (Å²) in [6, 6.07) is 16.0. The maximum absolute atomic E-state index is 5.44. The van der Waals surface area contributed by atoms with Crippen molar-refractivity contribution >= 4 is 5.96 Å². The first kappa shape index (κ1) is 17.7. The molecule has 0 aliphatic heterocycles. The number of guanidine groups is 1. The molecular weight excluding hydrogens is 302 g/mol. The normalized spacial score (nSPS) is 11.1. The predicted molar refractivity (Wildman–Crippen MR) is 97.7 cm³/mol. The molecule has 0 spiro atoms. The lowest BCUT2D eigenvalue weighted by Gasteiger charge is -2.19. The molecule has 0 saturated carbocycles. The van der Waals surface area contributed by atoms with Crippen molar-refractivity contribution in [2.75, 3.05) is 28.3 Å². The van der Waals surface area contributed by atoms with Crippen molar-refractivity contribution in [1.29, 1.82) is 0 Å². The minimum absolute atomic E-state index is 0.624. The highest BCUT2D eigenvalue weighted by molar-refractivity contribution is 5.79. The Morgan fingerprint density at radius 2 is 1.79 bits per heavy atom. The number of rotatable bonds is 6. The quantitative estimate of drug-likeness (QED) is 0.654. The molecule has 0 aliphatic carbocycles. The largest absolute Gasteiger partial charge is 0.497 e. The van der Waals surface area contributed by atoms with E-state index in [0.29, 0.717) is 13.1 Å². The topological polar surface area (TPSA) is 46.1 Å². The van der Waals surface area contributed by atoms with Gasteiger partial charge < -0.3 is 19.7 Å². The zero-order chi connectivity index (χ0) is 17.4. The van der Waals surface area contributed by atoms with Gasteiger partial charge in [0.2, 0.25) is 0 Å². The number of ether oxygens (including phenoxy) is 2. The molecule has 0 amide bonds. The first-order chi connectivity index (χ1) is 11.6. The Balaban J connectivity index is 2.06. The van der Waals surface area contributed by atoms with Crippen LogP contribution in [0.4, 0.5) is 0 Å². The van der Waals surface area contributed by atoms with Crippen molar-refractivity contribution in [1.82, 2.24) is 10.2 Å². The number of methoxy groups -OCH3 is 2. The van der Waals surface area contributed by atoms with Crippen molar-refractivity contribution < 1.29 is 9.47 Å². The Bertz CT molecular complexity index is 670. The van der Waals surface area contributed by atoms with Gasteiger partial charge in [-0.15, -0.1) is 0 Å². The van der Waals surface area contributed by atoms with Gasteiger partial charge in [-0.25, -0.2) is 4.99 Å². The molecule has 0 fully saturated rings. The first-order valence-corrected chi connectivity index (χ1v) is 7.84. The summed E-state index contributed by atoms with van der Waals surface area (Å²) in [7, 11) is 7.26. The van der Waals surface area contributed by atoms with Crippen LogP contribution in [0.25, 0.3) is 0 Å². The highest BCUT2D eigenvalue weighted by atomic mass is 16.5. The fraction of sp³-hybridized carbons (Fsp3) is 0.316. The minimum atomic E-state index is 0.624. The molecule has 128 valence electrons. The van der Waals surface area contributed by atoms with Gasteiger partial charge in [-0.1, -0.05) is 30.3 Å². The molecule has 2 aromatic carbocycles. The molecule has 0 saturated heterocycles. The number of hydrogen-bond donors (Lipinski definition) is 1. The Hall–Kier alpha value is -2.69. The van der Waals surface area contributed by atoms with Gasteiger partial charge in [0, 0.05) is 32.3 Å². The maximum Gasteiger partial charge on any atom is 0.194 e. The summed E-state index contributed by atoms with van der Waals surface area (Å²) in [6.07, 6.45) is 0. The summed E-state index contributed by atoms with van der Waals surface area (Å²) < 4.78 is 10.7. The van der Waals surface area contributed by atoms with E-state index in [9.17, 15) is 0 Å². The third-order valence-electron chi connectivity index (χ3n) is 3.61. The Morgan fingerprint density at radius 1 is 1.04 bits per heavy atom. The van der Waals surface area contributed by atoms with E-state index in [1.165, 1.54) is 5.56 Å². The Morgan fingerprint density at radius 3 is 2.42 bits per heavy atom. The van der Waals surface area contributed by atoms with E-state index in [0.717, 1.165) is 23.0 Å². The number of aliphatic imine (C=N–C) groups is 1. The SMILES string of the molecule is COc1ccc(CNC(=NCc2ccccc2)N(C)C)c(OC)c1. The van der Waals surface area contributed by atoms with Crippen LogP contribution in [0.5, 0.6) is 11.5 Å². The molecule has 5 heteroatoms. The minimum Gasteiger partial charge on any atom is -0.497 e. The second-order valence-corrected chi connectivity index (χ2v) is 5.55. The van der Waals surface area contributed by atoms with E-state index in [1.807, 2.05) is 55.4 Å². The summed E-state index contributed by atoms with van der Waals surface area (Å²) in [6.45, 7) is 1.26. The summed E-state index contributed by atoms with van der Waals surface area (Å²) in [5, 5.41) is 3.37. The number of hydrogen-bond acceptors (Lipinski definition) is 3. The summed E-state index contributed by atoms with van der Waals surface area (Å²) in [5.41, 5.74) is 2.23. The van der Waals surface area contributed by atoms with Crippen LogP contribution in [0.2, 0.25) is 0 Å². The van der Waals surface area contributed by atoms with Crippen LogP contribution < -0.4 is 14.8 Å². The zero-order valence-electron chi connectivity index (χ0n) is 14.7. The molecule has 0 heterocycles. The van der Waals surface area contributed by atoms with E-state index in [2.05, 4.69) is 22.4 Å². The summed E-state index contributed by atoms with van der Waals surface area (Å²) in [5.74, 6) is 2.40. The number of benzene rings is 2. The van der Waals surface area contributed by atoms with E-state index >= 15 is 0 Å². The van der Waals surface area contributed by atoms with Crippen molar-refractivity contribution in [2.24, 2.45) is 4.99 Å².